The van der Waals surface area contributed by atoms with E-state index >= 15 is 0 Å². The van der Waals surface area contributed by atoms with E-state index in [1.165, 1.54) is 0 Å². The number of anilines is 1. The second-order valence-electron chi connectivity index (χ2n) is 4.62. The molecule has 0 saturated carbocycles. The largest absolute Gasteiger partial charge is 0.478 e. The minimum Gasteiger partial charge on any atom is -0.478 e. The molecular weight excluding hydrogens is 273 g/mol. The molecule has 2 aromatic carbocycles. The molecule has 0 radical (unpaired) electrons. The number of benzene rings is 2. The number of hydrogen-bond acceptors (Lipinski definition) is 2. The van der Waals surface area contributed by atoms with Crippen LogP contribution in [0.25, 0.3) is 0 Å². The highest BCUT2D eigenvalue weighted by molar-refractivity contribution is 5.97. The van der Waals surface area contributed by atoms with Crippen LogP contribution in [0.1, 0.15) is 28.8 Å². The summed E-state index contributed by atoms with van der Waals surface area (Å²) in [4.78, 5) is 23.0. The molecule has 21 heavy (non-hydrogen) atoms. The lowest BCUT2D eigenvalue weighted by molar-refractivity contribution is -0.117. The highest BCUT2D eigenvalue weighted by Gasteiger charge is 2.17. The number of carbonyl (C=O) groups is 2. The van der Waals surface area contributed by atoms with Gasteiger partial charge in [-0.25, -0.2) is 9.18 Å². The molecule has 108 valence electrons. The summed E-state index contributed by atoms with van der Waals surface area (Å²) in [5.74, 6) is -2.73. The number of halogens is 1. The van der Waals surface area contributed by atoms with Gasteiger partial charge in [-0.3, -0.25) is 4.79 Å². The molecule has 4 nitrogen and oxygen atoms in total. The number of amides is 1. The van der Waals surface area contributed by atoms with Crippen LogP contribution >= 0.6 is 0 Å². The zero-order chi connectivity index (χ0) is 15.4. The third-order valence-electron chi connectivity index (χ3n) is 3.16. The summed E-state index contributed by atoms with van der Waals surface area (Å²) in [6, 6.07) is 12.3. The van der Waals surface area contributed by atoms with Gasteiger partial charge in [0.1, 0.15) is 5.82 Å². The number of nitrogens with one attached hydrogen (secondary N) is 1. The van der Waals surface area contributed by atoms with Gasteiger partial charge in [0.2, 0.25) is 5.91 Å². The Labute approximate surface area is 121 Å². The van der Waals surface area contributed by atoms with E-state index < -0.39 is 23.6 Å². The molecule has 5 heteroatoms. The van der Waals surface area contributed by atoms with Crippen LogP contribution in [0.15, 0.2) is 48.5 Å². The van der Waals surface area contributed by atoms with E-state index in [2.05, 4.69) is 5.32 Å². The Bertz CT molecular complexity index is 670. The molecule has 0 fully saturated rings. The van der Waals surface area contributed by atoms with Gasteiger partial charge >= 0.3 is 5.97 Å². The van der Waals surface area contributed by atoms with Gasteiger partial charge in [0, 0.05) is 0 Å². The van der Waals surface area contributed by atoms with Crippen molar-refractivity contribution in [2.24, 2.45) is 0 Å². The predicted molar refractivity (Wildman–Crippen MR) is 76.8 cm³/mol. The summed E-state index contributed by atoms with van der Waals surface area (Å²) >= 11 is 0. The molecule has 2 rings (SSSR count). The van der Waals surface area contributed by atoms with E-state index in [4.69, 9.17) is 5.11 Å². The van der Waals surface area contributed by atoms with Crippen molar-refractivity contribution in [3.63, 3.8) is 0 Å². The summed E-state index contributed by atoms with van der Waals surface area (Å²) in [6.07, 6.45) is 0. The van der Waals surface area contributed by atoms with Crippen molar-refractivity contribution < 1.29 is 19.1 Å². The average Bonchev–Trinajstić information content (AvgIpc) is 2.49. The zero-order valence-electron chi connectivity index (χ0n) is 11.3. The lowest BCUT2D eigenvalue weighted by atomic mass is 10.0. The van der Waals surface area contributed by atoms with Gasteiger partial charge in [-0.15, -0.1) is 0 Å². The van der Waals surface area contributed by atoms with Gasteiger partial charge in [-0.1, -0.05) is 30.3 Å². The fraction of sp³-hybridized carbons (Fsp3) is 0.125. The van der Waals surface area contributed by atoms with Crippen molar-refractivity contribution in [3.05, 3.63) is 65.5 Å². The standard InChI is InChI=1S/C16H14FNO3/c1-10(11-5-3-2-4-6-11)15(19)18-14-9-12(16(20)21)7-8-13(14)17/h2-10H,1H3,(H,18,19)(H,20,21). The molecule has 0 aromatic heterocycles. The Kier molecular flexibility index (Phi) is 4.33. The Morgan fingerprint density at radius 2 is 1.81 bits per heavy atom. The lowest BCUT2D eigenvalue weighted by Gasteiger charge is -2.13. The first kappa shape index (κ1) is 14.7. The molecule has 2 aromatic rings. The van der Waals surface area contributed by atoms with Gasteiger partial charge in [0.25, 0.3) is 0 Å². The Morgan fingerprint density at radius 3 is 2.43 bits per heavy atom. The summed E-state index contributed by atoms with van der Waals surface area (Å²) in [5, 5.41) is 11.3. The van der Waals surface area contributed by atoms with Crippen molar-refractivity contribution in [1.29, 1.82) is 0 Å². The number of carboxylic acids is 1. The fourth-order valence-electron chi connectivity index (χ4n) is 1.89. The van der Waals surface area contributed by atoms with Gasteiger partial charge < -0.3 is 10.4 Å². The molecule has 0 aliphatic heterocycles. The second kappa shape index (κ2) is 6.17. The number of rotatable bonds is 4. The molecule has 1 unspecified atom stereocenters. The van der Waals surface area contributed by atoms with Crippen LogP contribution in [-0.2, 0) is 4.79 Å². The molecule has 1 atom stereocenters. The van der Waals surface area contributed by atoms with Crippen LogP contribution in [-0.4, -0.2) is 17.0 Å². The molecule has 0 heterocycles. The smallest absolute Gasteiger partial charge is 0.335 e. The van der Waals surface area contributed by atoms with Crippen LogP contribution < -0.4 is 5.32 Å². The van der Waals surface area contributed by atoms with Crippen molar-refractivity contribution in [2.75, 3.05) is 5.32 Å². The maximum Gasteiger partial charge on any atom is 0.335 e. The summed E-state index contributed by atoms with van der Waals surface area (Å²) < 4.78 is 13.7. The van der Waals surface area contributed by atoms with E-state index in [0.717, 1.165) is 23.8 Å². The van der Waals surface area contributed by atoms with Crippen molar-refractivity contribution in [3.8, 4) is 0 Å². The van der Waals surface area contributed by atoms with Crippen LogP contribution in [0.5, 0.6) is 0 Å². The molecule has 1 amide bonds. The topological polar surface area (TPSA) is 66.4 Å². The van der Waals surface area contributed by atoms with Crippen molar-refractivity contribution in [1.82, 2.24) is 0 Å². The number of carbonyl (C=O) groups excluding carboxylic acids is 1. The molecule has 0 spiro atoms. The highest BCUT2D eigenvalue weighted by Crippen LogP contribution is 2.20. The molecule has 2 N–H and O–H groups in total. The van der Waals surface area contributed by atoms with E-state index in [1.54, 1.807) is 19.1 Å². The normalized spacial score (nSPS) is 11.7. The maximum absolute atomic E-state index is 13.7. The predicted octanol–water partition coefficient (Wildman–Crippen LogP) is 3.27. The van der Waals surface area contributed by atoms with Gasteiger partial charge in [0.15, 0.2) is 0 Å². The Morgan fingerprint density at radius 1 is 1.14 bits per heavy atom. The van der Waals surface area contributed by atoms with Gasteiger partial charge in [0.05, 0.1) is 17.2 Å². The summed E-state index contributed by atoms with van der Waals surface area (Å²) in [6.45, 7) is 1.70. The van der Waals surface area contributed by atoms with Crippen LogP contribution in [0, 0.1) is 5.82 Å². The van der Waals surface area contributed by atoms with Crippen molar-refractivity contribution >= 4 is 17.6 Å². The van der Waals surface area contributed by atoms with Crippen LogP contribution in [0.4, 0.5) is 10.1 Å². The second-order valence-corrected chi connectivity index (χ2v) is 4.62. The minimum absolute atomic E-state index is 0.0842. The third-order valence-corrected chi connectivity index (χ3v) is 3.16. The Hall–Kier alpha value is -2.69. The first-order valence-corrected chi connectivity index (χ1v) is 6.37. The van der Waals surface area contributed by atoms with E-state index in [-0.39, 0.29) is 11.3 Å². The minimum atomic E-state index is -1.18. The number of aromatic carboxylic acids is 1. The molecule has 0 aliphatic carbocycles. The average molecular weight is 287 g/mol. The van der Waals surface area contributed by atoms with Crippen molar-refractivity contribution in [2.45, 2.75) is 12.8 Å². The molecule has 0 saturated heterocycles. The van der Waals surface area contributed by atoms with Crippen LogP contribution in [0.3, 0.4) is 0 Å². The third kappa shape index (κ3) is 3.45. The number of carboxylic acid groups (broad SMARTS) is 1. The zero-order valence-corrected chi connectivity index (χ0v) is 11.3. The van der Waals surface area contributed by atoms with E-state index in [9.17, 15) is 14.0 Å². The van der Waals surface area contributed by atoms with E-state index in [1.807, 2.05) is 18.2 Å². The monoisotopic (exact) mass is 287 g/mol. The lowest BCUT2D eigenvalue weighted by Crippen LogP contribution is -2.19. The Balaban J connectivity index is 2.20. The van der Waals surface area contributed by atoms with Gasteiger partial charge in [-0.2, -0.15) is 0 Å². The summed E-state index contributed by atoms with van der Waals surface area (Å²) in [7, 11) is 0. The SMILES string of the molecule is CC(C(=O)Nc1cc(C(=O)O)ccc1F)c1ccccc1. The van der Waals surface area contributed by atoms with E-state index in [0.29, 0.717) is 0 Å². The van der Waals surface area contributed by atoms with Gasteiger partial charge in [-0.05, 0) is 30.7 Å². The highest BCUT2D eigenvalue weighted by atomic mass is 19.1. The first-order valence-electron chi connectivity index (χ1n) is 6.37. The fourth-order valence-corrected chi connectivity index (χ4v) is 1.89. The maximum atomic E-state index is 13.7. The molecule has 0 aliphatic rings. The molecule has 0 bridgehead atoms. The molecular formula is C16H14FNO3. The van der Waals surface area contributed by atoms with Crippen LogP contribution in [0.2, 0.25) is 0 Å². The quantitative estimate of drug-likeness (QED) is 0.907. The first-order chi connectivity index (χ1) is 9.99. The number of hydrogen-bond donors (Lipinski definition) is 2. The summed E-state index contributed by atoms with van der Waals surface area (Å²) in [5.41, 5.74) is 0.576.